The standard InChI is InChI=1S/C20H17FN4O/c21-16-7-3-1-6-15(16)13-22-19-10-9-17(23-24-19)20(26)25-12-11-14-5-2-4-8-18(14)25/h1-10H,11-13H2,(H,22,24). The van der Waals surface area contributed by atoms with Gasteiger partial charge in [0.05, 0.1) is 0 Å². The second kappa shape index (κ2) is 6.92. The molecule has 0 bridgehead atoms. The van der Waals surface area contributed by atoms with E-state index in [-0.39, 0.29) is 17.4 Å². The van der Waals surface area contributed by atoms with Crippen molar-refractivity contribution < 1.29 is 9.18 Å². The largest absolute Gasteiger partial charge is 0.364 e. The first kappa shape index (κ1) is 16.2. The number of amides is 1. The number of nitrogens with zero attached hydrogens (tertiary/aromatic N) is 3. The Balaban J connectivity index is 1.45. The first-order chi connectivity index (χ1) is 12.7. The quantitative estimate of drug-likeness (QED) is 0.785. The van der Waals surface area contributed by atoms with Gasteiger partial charge in [-0.2, -0.15) is 0 Å². The molecule has 5 nitrogen and oxygen atoms in total. The number of anilines is 2. The number of carbonyl (C=O) groups excluding carboxylic acids is 1. The molecule has 1 aliphatic heterocycles. The van der Waals surface area contributed by atoms with E-state index in [9.17, 15) is 9.18 Å². The smallest absolute Gasteiger partial charge is 0.278 e. The van der Waals surface area contributed by atoms with Gasteiger partial charge in [0.1, 0.15) is 11.6 Å². The first-order valence-electron chi connectivity index (χ1n) is 8.43. The topological polar surface area (TPSA) is 58.1 Å². The molecule has 2 aromatic carbocycles. The van der Waals surface area contributed by atoms with Gasteiger partial charge in [0.15, 0.2) is 5.69 Å². The Morgan fingerprint density at radius 1 is 1.04 bits per heavy atom. The van der Waals surface area contributed by atoms with Crippen LogP contribution < -0.4 is 10.2 Å². The van der Waals surface area contributed by atoms with Crippen molar-refractivity contribution in [2.45, 2.75) is 13.0 Å². The minimum absolute atomic E-state index is 0.164. The van der Waals surface area contributed by atoms with Crippen LogP contribution in [0.5, 0.6) is 0 Å². The summed E-state index contributed by atoms with van der Waals surface area (Å²) >= 11 is 0. The van der Waals surface area contributed by atoms with E-state index in [4.69, 9.17) is 0 Å². The number of benzene rings is 2. The van der Waals surface area contributed by atoms with Gasteiger partial charge in [-0.25, -0.2) is 4.39 Å². The number of nitrogens with one attached hydrogen (secondary N) is 1. The number of halogens is 1. The summed E-state index contributed by atoms with van der Waals surface area (Å²) in [6, 6.07) is 17.7. The van der Waals surface area contributed by atoms with Crippen LogP contribution >= 0.6 is 0 Å². The van der Waals surface area contributed by atoms with Crippen molar-refractivity contribution >= 4 is 17.4 Å². The number of aromatic nitrogens is 2. The molecule has 3 aromatic rings. The Morgan fingerprint density at radius 2 is 1.85 bits per heavy atom. The van der Waals surface area contributed by atoms with Crippen LogP contribution in [0.1, 0.15) is 21.6 Å². The van der Waals surface area contributed by atoms with Crippen LogP contribution in [0, 0.1) is 5.82 Å². The highest BCUT2D eigenvalue weighted by molar-refractivity contribution is 6.06. The fourth-order valence-corrected chi connectivity index (χ4v) is 3.06. The molecule has 130 valence electrons. The second-order valence-electron chi connectivity index (χ2n) is 6.08. The van der Waals surface area contributed by atoms with Crippen LogP contribution in [-0.2, 0) is 13.0 Å². The molecule has 0 aliphatic carbocycles. The number of rotatable bonds is 4. The second-order valence-corrected chi connectivity index (χ2v) is 6.08. The van der Waals surface area contributed by atoms with E-state index in [0.717, 1.165) is 17.7 Å². The van der Waals surface area contributed by atoms with Crippen LogP contribution in [-0.4, -0.2) is 22.6 Å². The molecule has 0 spiro atoms. The van der Waals surface area contributed by atoms with Crippen molar-refractivity contribution in [3.8, 4) is 0 Å². The Hall–Kier alpha value is -3.28. The predicted octanol–water partition coefficient (Wildman–Crippen LogP) is 3.43. The normalized spacial score (nSPS) is 12.7. The van der Waals surface area contributed by atoms with Crippen molar-refractivity contribution in [2.24, 2.45) is 0 Å². The molecule has 2 heterocycles. The lowest BCUT2D eigenvalue weighted by Gasteiger charge is -2.16. The summed E-state index contributed by atoms with van der Waals surface area (Å²) < 4.78 is 13.6. The Morgan fingerprint density at radius 3 is 2.65 bits per heavy atom. The maximum atomic E-state index is 13.6. The number of hydrogen-bond donors (Lipinski definition) is 1. The molecule has 1 amide bonds. The van der Waals surface area contributed by atoms with Crippen molar-refractivity contribution in [3.63, 3.8) is 0 Å². The lowest BCUT2D eigenvalue weighted by Crippen LogP contribution is -2.29. The molecule has 0 saturated carbocycles. The molecule has 0 fully saturated rings. The summed E-state index contributed by atoms with van der Waals surface area (Å²) in [5.74, 6) is 0.0576. The molecule has 1 aromatic heterocycles. The fourth-order valence-electron chi connectivity index (χ4n) is 3.06. The third kappa shape index (κ3) is 3.13. The molecule has 4 rings (SSSR count). The zero-order chi connectivity index (χ0) is 17.9. The molecule has 26 heavy (non-hydrogen) atoms. The number of hydrogen-bond acceptors (Lipinski definition) is 4. The molecule has 0 radical (unpaired) electrons. The summed E-state index contributed by atoms with van der Waals surface area (Å²) in [5.41, 5.74) is 2.93. The van der Waals surface area contributed by atoms with E-state index in [2.05, 4.69) is 15.5 Å². The third-order valence-corrected chi connectivity index (χ3v) is 4.43. The molecule has 0 saturated heterocycles. The Labute approximate surface area is 150 Å². The highest BCUT2D eigenvalue weighted by atomic mass is 19.1. The molecular weight excluding hydrogens is 331 g/mol. The van der Waals surface area contributed by atoms with Gasteiger partial charge < -0.3 is 10.2 Å². The summed E-state index contributed by atoms with van der Waals surface area (Å²) in [6.07, 6.45) is 0.845. The van der Waals surface area contributed by atoms with Gasteiger partial charge in [-0.3, -0.25) is 4.79 Å². The number of carbonyl (C=O) groups is 1. The zero-order valence-corrected chi connectivity index (χ0v) is 14.0. The molecular formula is C20H17FN4O. The van der Waals surface area contributed by atoms with Crippen LogP contribution in [0.15, 0.2) is 60.7 Å². The highest BCUT2D eigenvalue weighted by Gasteiger charge is 2.26. The zero-order valence-electron chi connectivity index (χ0n) is 14.0. The van der Waals surface area contributed by atoms with Gasteiger partial charge in [0.2, 0.25) is 0 Å². The molecule has 6 heteroatoms. The van der Waals surface area contributed by atoms with Gasteiger partial charge in [-0.1, -0.05) is 36.4 Å². The van der Waals surface area contributed by atoms with E-state index < -0.39 is 0 Å². The van der Waals surface area contributed by atoms with Crippen molar-refractivity contribution in [1.29, 1.82) is 0 Å². The van der Waals surface area contributed by atoms with Crippen LogP contribution in [0.25, 0.3) is 0 Å². The van der Waals surface area contributed by atoms with Gasteiger partial charge in [-0.15, -0.1) is 10.2 Å². The summed E-state index contributed by atoms with van der Waals surface area (Å²) in [7, 11) is 0. The SMILES string of the molecule is O=C(c1ccc(NCc2ccccc2F)nn1)N1CCc2ccccc21. The fraction of sp³-hybridized carbons (Fsp3) is 0.150. The Kier molecular flexibility index (Phi) is 4.31. The van der Waals surface area contributed by atoms with Crippen LogP contribution in [0.4, 0.5) is 15.9 Å². The average Bonchev–Trinajstić information content (AvgIpc) is 3.11. The van der Waals surface area contributed by atoms with Gasteiger partial charge >= 0.3 is 0 Å². The number of fused-ring (bicyclic) bond motifs is 1. The minimum atomic E-state index is -0.271. The average molecular weight is 348 g/mol. The molecule has 0 unspecified atom stereocenters. The lowest BCUT2D eigenvalue weighted by molar-refractivity contribution is 0.0983. The summed E-state index contributed by atoms with van der Waals surface area (Å²) in [5, 5.41) is 11.1. The van der Waals surface area contributed by atoms with E-state index in [0.29, 0.717) is 24.5 Å². The van der Waals surface area contributed by atoms with Crippen molar-refractivity contribution in [2.75, 3.05) is 16.8 Å². The van der Waals surface area contributed by atoms with Gasteiger partial charge in [0, 0.05) is 24.3 Å². The van der Waals surface area contributed by atoms with Crippen LogP contribution in [0.3, 0.4) is 0 Å². The van der Waals surface area contributed by atoms with E-state index in [1.165, 1.54) is 6.07 Å². The number of para-hydroxylation sites is 1. The van der Waals surface area contributed by atoms with Gasteiger partial charge in [0.25, 0.3) is 5.91 Å². The van der Waals surface area contributed by atoms with E-state index >= 15 is 0 Å². The third-order valence-electron chi connectivity index (χ3n) is 4.43. The Bertz CT molecular complexity index is 943. The van der Waals surface area contributed by atoms with Gasteiger partial charge in [-0.05, 0) is 36.2 Å². The highest BCUT2D eigenvalue weighted by Crippen LogP contribution is 2.28. The maximum absolute atomic E-state index is 13.6. The predicted molar refractivity (Wildman–Crippen MR) is 97.6 cm³/mol. The maximum Gasteiger partial charge on any atom is 0.278 e. The van der Waals surface area contributed by atoms with Crippen LogP contribution in [0.2, 0.25) is 0 Å². The van der Waals surface area contributed by atoms with Crippen molar-refractivity contribution in [1.82, 2.24) is 10.2 Å². The van der Waals surface area contributed by atoms with E-state index in [1.807, 2.05) is 24.3 Å². The molecule has 1 aliphatic rings. The minimum Gasteiger partial charge on any atom is -0.364 e. The lowest BCUT2D eigenvalue weighted by atomic mass is 10.2. The van der Waals surface area contributed by atoms with Crippen molar-refractivity contribution in [3.05, 3.63) is 83.3 Å². The summed E-state index contributed by atoms with van der Waals surface area (Å²) in [4.78, 5) is 14.4. The first-order valence-corrected chi connectivity index (χ1v) is 8.43. The molecule has 1 N–H and O–H groups in total. The molecule has 0 atom stereocenters. The monoisotopic (exact) mass is 348 g/mol. The summed E-state index contributed by atoms with van der Waals surface area (Å²) in [6.45, 7) is 0.946. The van der Waals surface area contributed by atoms with E-state index in [1.54, 1.807) is 35.2 Å².